The lowest BCUT2D eigenvalue weighted by atomic mass is 9.61. The minimum atomic E-state index is -0.687. The number of anilines is 1. The van der Waals surface area contributed by atoms with E-state index in [1.807, 2.05) is 33.8 Å². The maximum Gasteiger partial charge on any atom is 0.307 e. The number of nitrogens with zero attached hydrogens (tertiary/aromatic N) is 2. The number of hydrogen-bond donors (Lipinski definition) is 2. The minimum Gasteiger partial charge on any atom is -0.481 e. The van der Waals surface area contributed by atoms with Crippen molar-refractivity contribution in [2.45, 2.75) is 53.5 Å². The molecule has 0 radical (unpaired) electrons. The summed E-state index contributed by atoms with van der Waals surface area (Å²) in [5.74, 6) is -0.0932. The van der Waals surface area contributed by atoms with E-state index in [1.165, 1.54) is 0 Å². The fourth-order valence-corrected chi connectivity index (χ4v) is 3.40. The summed E-state index contributed by atoms with van der Waals surface area (Å²) >= 11 is 0. The SMILES string of the molecule is Cc1cc(C)nc(NC2CCC(C(=O)O)C(C)(C)C2C)n1. The van der Waals surface area contributed by atoms with Crippen molar-refractivity contribution in [1.82, 2.24) is 9.97 Å². The number of carbonyl (C=O) groups is 1. The lowest BCUT2D eigenvalue weighted by Gasteiger charge is -2.46. The number of carboxylic acids is 1. The van der Waals surface area contributed by atoms with Crippen molar-refractivity contribution >= 4 is 11.9 Å². The number of hydrogen-bond acceptors (Lipinski definition) is 4. The van der Waals surface area contributed by atoms with Crippen molar-refractivity contribution in [1.29, 1.82) is 0 Å². The zero-order chi connectivity index (χ0) is 15.8. The van der Waals surface area contributed by atoms with Crippen LogP contribution in [0.5, 0.6) is 0 Å². The van der Waals surface area contributed by atoms with Gasteiger partial charge in [0.1, 0.15) is 0 Å². The molecule has 3 unspecified atom stereocenters. The van der Waals surface area contributed by atoms with Gasteiger partial charge in [0, 0.05) is 17.4 Å². The van der Waals surface area contributed by atoms with Gasteiger partial charge < -0.3 is 10.4 Å². The molecule has 1 aromatic heterocycles. The fourth-order valence-electron chi connectivity index (χ4n) is 3.40. The van der Waals surface area contributed by atoms with E-state index in [0.29, 0.717) is 12.4 Å². The molecular formula is C16H25N3O2. The molecule has 0 aromatic carbocycles. The number of nitrogens with one attached hydrogen (secondary N) is 1. The van der Waals surface area contributed by atoms with Crippen LogP contribution in [-0.4, -0.2) is 27.1 Å². The van der Waals surface area contributed by atoms with Crippen LogP contribution in [0.2, 0.25) is 0 Å². The summed E-state index contributed by atoms with van der Waals surface area (Å²) in [4.78, 5) is 20.3. The fraction of sp³-hybridized carbons (Fsp3) is 0.688. The highest BCUT2D eigenvalue weighted by atomic mass is 16.4. The molecule has 1 saturated carbocycles. The minimum absolute atomic E-state index is 0.205. The first-order valence-corrected chi connectivity index (χ1v) is 7.53. The first-order chi connectivity index (χ1) is 9.71. The molecule has 2 rings (SSSR count). The highest BCUT2D eigenvalue weighted by Crippen LogP contribution is 2.45. The summed E-state index contributed by atoms with van der Waals surface area (Å²) in [6.07, 6.45) is 1.52. The predicted molar refractivity (Wildman–Crippen MR) is 82.2 cm³/mol. The molecular weight excluding hydrogens is 266 g/mol. The van der Waals surface area contributed by atoms with E-state index in [0.717, 1.165) is 17.8 Å². The van der Waals surface area contributed by atoms with Crippen LogP contribution in [0.15, 0.2) is 6.07 Å². The van der Waals surface area contributed by atoms with E-state index in [-0.39, 0.29) is 23.3 Å². The van der Waals surface area contributed by atoms with Crippen LogP contribution in [0.4, 0.5) is 5.95 Å². The van der Waals surface area contributed by atoms with Crippen molar-refractivity contribution in [3.8, 4) is 0 Å². The van der Waals surface area contributed by atoms with Gasteiger partial charge in [0.15, 0.2) is 0 Å². The van der Waals surface area contributed by atoms with Gasteiger partial charge in [0.2, 0.25) is 5.95 Å². The van der Waals surface area contributed by atoms with Gasteiger partial charge in [-0.25, -0.2) is 9.97 Å². The summed E-state index contributed by atoms with van der Waals surface area (Å²) in [5, 5.41) is 12.8. The van der Waals surface area contributed by atoms with Crippen molar-refractivity contribution in [3.05, 3.63) is 17.5 Å². The van der Waals surface area contributed by atoms with Crippen LogP contribution >= 0.6 is 0 Å². The zero-order valence-electron chi connectivity index (χ0n) is 13.5. The van der Waals surface area contributed by atoms with Gasteiger partial charge in [0.25, 0.3) is 0 Å². The second-order valence-electron chi connectivity index (χ2n) is 6.80. The van der Waals surface area contributed by atoms with Gasteiger partial charge in [-0.15, -0.1) is 0 Å². The second kappa shape index (κ2) is 5.62. The van der Waals surface area contributed by atoms with E-state index in [2.05, 4.69) is 22.2 Å². The number of aryl methyl sites for hydroxylation is 2. The van der Waals surface area contributed by atoms with Crippen LogP contribution in [0.25, 0.3) is 0 Å². The number of aliphatic carboxylic acids is 1. The number of rotatable bonds is 3. The molecule has 1 aliphatic carbocycles. The Bertz CT molecular complexity index is 522. The van der Waals surface area contributed by atoms with Crippen LogP contribution in [0.1, 0.15) is 45.0 Å². The van der Waals surface area contributed by atoms with Gasteiger partial charge in [-0.1, -0.05) is 20.8 Å². The van der Waals surface area contributed by atoms with Crippen molar-refractivity contribution in [3.63, 3.8) is 0 Å². The molecule has 0 spiro atoms. The number of carboxylic acid groups (broad SMARTS) is 1. The van der Waals surface area contributed by atoms with Crippen LogP contribution in [-0.2, 0) is 4.79 Å². The normalized spacial score (nSPS) is 28.1. The molecule has 0 saturated heterocycles. The molecule has 0 aliphatic heterocycles. The monoisotopic (exact) mass is 291 g/mol. The first kappa shape index (κ1) is 15.7. The Morgan fingerprint density at radius 1 is 1.29 bits per heavy atom. The average Bonchev–Trinajstić information content (AvgIpc) is 2.33. The lowest BCUT2D eigenvalue weighted by Crippen LogP contribution is -2.48. The third-order valence-corrected chi connectivity index (χ3v) is 5.04. The Balaban J connectivity index is 2.17. The summed E-state index contributed by atoms with van der Waals surface area (Å²) in [6.45, 7) is 10.1. The van der Waals surface area contributed by atoms with Gasteiger partial charge >= 0.3 is 5.97 Å². The summed E-state index contributed by atoms with van der Waals surface area (Å²) in [6, 6.07) is 2.15. The Morgan fingerprint density at radius 3 is 2.38 bits per heavy atom. The molecule has 1 fully saturated rings. The Morgan fingerprint density at radius 2 is 1.86 bits per heavy atom. The quantitative estimate of drug-likeness (QED) is 0.895. The molecule has 1 aliphatic rings. The van der Waals surface area contributed by atoms with E-state index in [1.54, 1.807) is 0 Å². The molecule has 5 nitrogen and oxygen atoms in total. The van der Waals surface area contributed by atoms with Crippen molar-refractivity contribution < 1.29 is 9.90 Å². The first-order valence-electron chi connectivity index (χ1n) is 7.53. The smallest absolute Gasteiger partial charge is 0.307 e. The maximum absolute atomic E-state index is 11.4. The third-order valence-electron chi connectivity index (χ3n) is 5.04. The van der Waals surface area contributed by atoms with Gasteiger partial charge in [-0.2, -0.15) is 0 Å². The zero-order valence-corrected chi connectivity index (χ0v) is 13.5. The highest BCUT2D eigenvalue weighted by Gasteiger charge is 2.46. The summed E-state index contributed by atoms with van der Waals surface area (Å²) in [5.41, 5.74) is 1.63. The molecule has 0 amide bonds. The van der Waals surface area contributed by atoms with Crippen molar-refractivity contribution in [2.24, 2.45) is 17.3 Å². The summed E-state index contributed by atoms with van der Waals surface area (Å²) in [7, 11) is 0. The average molecular weight is 291 g/mol. The van der Waals surface area contributed by atoms with E-state index < -0.39 is 5.97 Å². The Labute approximate surface area is 126 Å². The van der Waals surface area contributed by atoms with E-state index in [4.69, 9.17) is 0 Å². The van der Waals surface area contributed by atoms with Gasteiger partial charge in [-0.3, -0.25) is 4.79 Å². The molecule has 2 N–H and O–H groups in total. The topological polar surface area (TPSA) is 75.1 Å². The maximum atomic E-state index is 11.4. The largest absolute Gasteiger partial charge is 0.481 e. The van der Waals surface area contributed by atoms with Crippen LogP contribution in [0, 0.1) is 31.1 Å². The highest BCUT2D eigenvalue weighted by molar-refractivity contribution is 5.71. The van der Waals surface area contributed by atoms with E-state index >= 15 is 0 Å². The Kier molecular flexibility index (Phi) is 4.21. The molecule has 3 atom stereocenters. The van der Waals surface area contributed by atoms with Crippen LogP contribution in [0.3, 0.4) is 0 Å². The van der Waals surface area contributed by atoms with Gasteiger partial charge in [-0.05, 0) is 44.1 Å². The lowest BCUT2D eigenvalue weighted by molar-refractivity contribution is -0.149. The molecule has 1 heterocycles. The molecule has 116 valence electrons. The number of aromatic nitrogens is 2. The van der Waals surface area contributed by atoms with E-state index in [9.17, 15) is 9.90 Å². The summed E-state index contributed by atoms with van der Waals surface area (Å²) < 4.78 is 0. The van der Waals surface area contributed by atoms with Crippen LogP contribution < -0.4 is 5.32 Å². The third kappa shape index (κ3) is 3.17. The second-order valence-corrected chi connectivity index (χ2v) is 6.80. The van der Waals surface area contributed by atoms with Gasteiger partial charge in [0.05, 0.1) is 5.92 Å². The Hall–Kier alpha value is -1.65. The molecule has 0 bridgehead atoms. The predicted octanol–water partition coefficient (Wildman–Crippen LogP) is 3.03. The standard InChI is InChI=1S/C16H25N3O2/c1-9-8-10(2)18-15(17-9)19-13-7-6-12(14(20)21)16(4,5)11(13)3/h8,11-13H,6-7H2,1-5H3,(H,20,21)(H,17,18,19). The molecule has 5 heteroatoms. The molecule has 21 heavy (non-hydrogen) atoms. The van der Waals surface area contributed by atoms with Crippen molar-refractivity contribution in [2.75, 3.05) is 5.32 Å². The molecule has 1 aromatic rings.